The summed E-state index contributed by atoms with van der Waals surface area (Å²) in [4.78, 5) is 35.3. The van der Waals surface area contributed by atoms with Crippen LogP contribution in [0.4, 0.5) is 0 Å². The van der Waals surface area contributed by atoms with Gasteiger partial charge in [-0.2, -0.15) is 0 Å². The van der Waals surface area contributed by atoms with Gasteiger partial charge in [0.25, 0.3) is 5.56 Å². The van der Waals surface area contributed by atoms with Crippen molar-refractivity contribution >= 4 is 28.9 Å². The summed E-state index contributed by atoms with van der Waals surface area (Å²) in [6.45, 7) is 5.53. The number of carbonyl (C=O) groups excluding carboxylic acids is 1. The zero-order valence-electron chi connectivity index (χ0n) is 16.1. The molecule has 2 aromatic heterocycles. The van der Waals surface area contributed by atoms with Crippen LogP contribution in [0.1, 0.15) is 26.3 Å². The molecule has 0 radical (unpaired) electrons. The number of aromatic nitrogens is 3. The fourth-order valence-corrected chi connectivity index (χ4v) is 3.24. The van der Waals surface area contributed by atoms with Crippen LogP contribution in [0.15, 0.2) is 46.3 Å². The van der Waals surface area contributed by atoms with Gasteiger partial charge in [-0.3, -0.25) is 9.59 Å². The van der Waals surface area contributed by atoms with Crippen LogP contribution >= 0.6 is 11.8 Å². The highest BCUT2D eigenvalue weighted by atomic mass is 32.2. The molecule has 0 aliphatic rings. The van der Waals surface area contributed by atoms with Crippen molar-refractivity contribution in [3.63, 3.8) is 0 Å². The Kier molecular flexibility index (Phi) is 5.69. The quantitative estimate of drug-likeness (QED) is 0.516. The maximum Gasteiger partial charge on any atom is 0.310 e. The molecule has 0 spiro atoms. The highest BCUT2D eigenvalue weighted by molar-refractivity contribution is 7.98. The van der Waals surface area contributed by atoms with Crippen LogP contribution in [-0.4, -0.2) is 32.8 Å². The Morgan fingerprint density at radius 1 is 1.21 bits per heavy atom. The van der Waals surface area contributed by atoms with Crippen molar-refractivity contribution in [1.82, 2.24) is 15.0 Å². The highest BCUT2D eigenvalue weighted by Crippen LogP contribution is 2.31. The number of carbonyl (C=O) groups is 1. The lowest BCUT2D eigenvalue weighted by Crippen LogP contribution is -2.25. The molecular weight excluding hydrogens is 378 g/mol. The number of esters is 1. The Morgan fingerprint density at radius 3 is 2.71 bits per heavy atom. The zero-order valence-corrected chi connectivity index (χ0v) is 16.9. The predicted molar refractivity (Wildman–Crippen MR) is 108 cm³/mol. The van der Waals surface area contributed by atoms with Gasteiger partial charge in [-0.15, -0.1) is 11.8 Å². The van der Waals surface area contributed by atoms with E-state index in [1.807, 2.05) is 39.2 Å². The van der Waals surface area contributed by atoms with Crippen molar-refractivity contribution in [3.8, 4) is 11.5 Å². The number of aromatic amines is 1. The second-order valence-electron chi connectivity index (χ2n) is 7.09. The molecule has 0 aliphatic carbocycles. The van der Waals surface area contributed by atoms with Crippen molar-refractivity contribution < 1.29 is 14.3 Å². The lowest BCUT2D eigenvalue weighted by Gasteiger charge is -2.20. The molecule has 8 heteroatoms. The van der Waals surface area contributed by atoms with Gasteiger partial charge in [-0.1, -0.05) is 6.07 Å². The maximum absolute atomic E-state index is 12.1. The standard InChI is InChI=1S/C20H21N3O4S/c1-20(2,3)27-17(25)9-12-5-6-13(10-15(12)28-4)26-14-7-8-21-19-18(14)22-11-16(24)23-19/h5-8,10-11H,9H2,1-4H3,(H,21,23,24). The van der Waals surface area contributed by atoms with Crippen LogP contribution in [0.25, 0.3) is 11.2 Å². The molecule has 1 aromatic carbocycles. The van der Waals surface area contributed by atoms with Crippen LogP contribution in [0.5, 0.6) is 11.5 Å². The molecule has 146 valence electrons. The fraction of sp³-hybridized carbons (Fsp3) is 0.300. The van der Waals surface area contributed by atoms with Crippen molar-refractivity contribution in [2.75, 3.05) is 6.26 Å². The van der Waals surface area contributed by atoms with Crippen molar-refractivity contribution in [2.24, 2.45) is 0 Å². The van der Waals surface area contributed by atoms with E-state index < -0.39 is 5.60 Å². The summed E-state index contributed by atoms with van der Waals surface area (Å²) in [6.07, 6.45) is 4.86. The SMILES string of the molecule is CSc1cc(Oc2ccnc3[nH]c(=O)cnc23)ccc1CC(=O)OC(C)(C)C. The summed E-state index contributed by atoms with van der Waals surface area (Å²) in [6, 6.07) is 7.18. The van der Waals surface area contributed by atoms with Crippen LogP contribution < -0.4 is 10.3 Å². The van der Waals surface area contributed by atoms with Crippen molar-refractivity contribution in [1.29, 1.82) is 0 Å². The number of fused-ring (bicyclic) bond motifs is 1. The summed E-state index contributed by atoms with van der Waals surface area (Å²) in [7, 11) is 0. The number of hydrogen-bond donors (Lipinski definition) is 1. The first kappa shape index (κ1) is 19.9. The Morgan fingerprint density at radius 2 is 2.00 bits per heavy atom. The minimum Gasteiger partial charge on any atom is -0.460 e. The van der Waals surface area contributed by atoms with Gasteiger partial charge in [0, 0.05) is 17.2 Å². The number of nitrogens with one attached hydrogen (secondary N) is 1. The van der Waals surface area contributed by atoms with E-state index in [4.69, 9.17) is 9.47 Å². The Bertz CT molecular complexity index is 1070. The fourth-order valence-electron chi connectivity index (χ4n) is 2.60. The van der Waals surface area contributed by atoms with Gasteiger partial charge in [0.05, 0.1) is 12.6 Å². The van der Waals surface area contributed by atoms with E-state index in [0.717, 1.165) is 10.5 Å². The Balaban J connectivity index is 1.85. The molecule has 2 heterocycles. The molecule has 0 unspecified atom stereocenters. The average molecular weight is 399 g/mol. The van der Waals surface area contributed by atoms with Gasteiger partial charge < -0.3 is 14.5 Å². The number of ether oxygens (including phenoxy) is 2. The maximum atomic E-state index is 12.1. The predicted octanol–water partition coefficient (Wildman–Crippen LogP) is 3.72. The van der Waals surface area contributed by atoms with Crippen LogP contribution in [-0.2, 0) is 16.0 Å². The number of pyridine rings is 1. The average Bonchev–Trinajstić information content (AvgIpc) is 2.61. The molecule has 0 saturated carbocycles. The summed E-state index contributed by atoms with van der Waals surface area (Å²) in [5.41, 5.74) is 0.850. The number of rotatable bonds is 5. The Hall–Kier alpha value is -2.87. The first-order valence-corrected chi connectivity index (χ1v) is 9.88. The van der Waals surface area contributed by atoms with Crippen LogP contribution in [0.2, 0.25) is 0 Å². The normalized spacial score (nSPS) is 11.4. The third-order valence-electron chi connectivity index (χ3n) is 3.68. The lowest BCUT2D eigenvalue weighted by molar-refractivity contribution is -0.153. The third-order valence-corrected chi connectivity index (χ3v) is 4.50. The largest absolute Gasteiger partial charge is 0.460 e. The number of hydrogen-bond acceptors (Lipinski definition) is 7. The molecule has 3 aromatic rings. The van der Waals surface area contributed by atoms with E-state index in [0.29, 0.717) is 22.7 Å². The first-order chi connectivity index (χ1) is 13.2. The molecule has 0 saturated heterocycles. The topological polar surface area (TPSA) is 94.2 Å². The molecule has 28 heavy (non-hydrogen) atoms. The van der Waals surface area contributed by atoms with E-state index in [9.17, 15) is 9.59 Å². The molecule has 0 bridgehead atoms. The first-order valence-electron chi connectivity index (χ1n) is 8.66. The lowest BCUT2D eigenvalue weighted by atomic mass is 10.1. The molecule has 0 aliphatic heterocycles. The van der Waals surface area contributed by atoms with E-state index in [1.165, 1.54) is 18.0 Å². The summed E-state index contributed by atoms with van der Waals surface area (Å²) >= 11 is 1.52. The van der Waals surface area contributed by atoms with E-state index in [-0.39, 0.29) is 17.9 Å². The molecule has 0 amide bonds. The van der Waals surface area contributed by atoms with E-state index in [1.54, 1.807) is 18.3 Å². The molecule has 7 nitrogen and oxygen atoms in total. The summed E-state index contributed by atoms with van der Waals surface area (Å²) in [5, 5.41) is 0. The van der Waals surface area contributed by atoms with Gasteiger partial charge >= 0.3 is 5.97 Å². The van der Waals surface area contributed by atoms with E-state index in [2.05, 4.69) is 15.0 Å². The number of thioether (sulfide) groups is 1. The van der Waals surface area contributed by atoms with Gasteiger partial charge in [-0.05, 0) is 44.7 Å². The van der Waals surface area contributed by atoms with Gasteiger partial charge in [0.1, 0.15) is 16.9 Å². The minimum absolute atomic E-state index is 0.189. The summed E-state index contributed by atoms with van der Waals surface area (Å²) < 4.78 is 11.4. The molecule has 0 atom stereocenters. The van der Waals surface area contributed by atoms with Crippen molar-refractivity contribution in [3.05, 3.63) is 52.6 Å². The molecule has 1 N–H and O–H groups in total. The third kappa shape index (κ3) is 4.89. The zero-order chi connectivity index (χ0) is 20.3. The van der Waals surface area contributed by atoms with Crippen LogP contribution in [0, 0.1) is 0 Å². The molecule has 3 rings (SSSR count). The van der Waals surface area contributed by atoms with Gasteiger partial charge in [0.2, 0.25) is 0 Å². The number of nitrogens with zero attached hydrogens (tertiary/aromatic N) is 2. The van der Waals surface area contributed by atoms with Gasteiger partial charge in [0.15, 0.2) is 11.4 Å². The smallest absolute Gasteiger partial charge is 0.310 e. The number of H-pyrrole nitrogens is 1. The van der Waals surface area contributed by atoms with Crippen molar-refractivity contribution in [2.45, 2.75) is 37.7 Å². The van der Waals surface area contributed by atoms with Crippen LogP contribution in [0.3, 0.4) is 0 Å². The Labute approximate surface area is 166 Å². The minimum atomic E-state index is -0.518. The molecule has 0 fully saturated rings. The second kappa shape index (κ2) is 8.02. The second-order valence-corrected chi connectivity index (χ2v) is 7.94. The number of benzene rings is 1. The molecular formula is C20H21N3O4S. The highest BCUT2D eigenvalue weighted by Gasteiger charge is 2.18. The monoisotopic (exact) mass is 399 g/mol. The van der Waals surface area contributed by atoms with E-state index >= 15 is 0 Å². The van der Waals surface area contributed by atoms with Gasteiger partial charge in [-0.25, -0.2) is 9.97 Å². The summed E-state index contributed by atoms with van der Waals surface area (Å²) in [5.74, 6) is 0.802.